The number of esters is 1. The van der Waals surface area contributed by atoms with Crippen LogP contribution in [0.25, 0.3) is 0 Å². The molecule has 0 aromatic carbocycles. The van der Waals surface area contributed by atoms with Gasteiger partial charge in [-0.1, -0.05) is 0 Å². The molecule has 4 heteroatoms. The van der Waals surface area contributed by atoms with Crippen LogP contribution in [0.3, 0.4) is 0 Å². The van der Waals surface area contributed by atoms with Crippen LogP contribution in [0.2, 0.25) is 0 Å². The molecule has 0 spiro atoms. The molecule has 0 aliphatic heterocycles. The Bertz CT molecular complexity index is 291. The molecule has 1 aliphatic rings. The molecule has 1 fully saturated rings. The first kappa shape index (κ1) is 14.0. The first-order valence-electron chi connectivity index (χ1n) is 6.23. The van der Waals surface area contributed by atoms with Gasteiger partial charge < -0.3 is 10.1 Å². The Morgan fingerprint density at radius 1 is 1.18 bits per heavy atom. The van der Waals surface area contributed by atoms with E-state index in [4.69, 9.17) is 4.74 Å². The van der Waals surface area contributed by atoms with Crippen molar-refractivity contribution in [3.8, 4) is 0 Å². The zero-order valence-corrected chi connectivity index (χ0v) is 11.2. The Morgan fingerprint density at radius 2 is 1.71 bits per heavy atom. The molecule has 1 saturated carbocycles. The third-order valence-corrected chi connectivity index (χ3v) is 3.78. The van der Waals surface area contributed by atoms with E-state index in [2.05, 4.69) is 19.2 Å². The smallest absolute Gasteiger partial charge is 0.308 e. The summed E-state index contributed by atoms with van der Waals surface area (Å²) in [6, 6.07) is 0. The minimum absolute atomic E-state index is 0.00471. The molecule has 98 valence electrons. The number of nitrogens with one attached hydrogen (secondary N) is 1. The Hall–Kier alpha value is -1.06. The van der Waals surface area contributed by atoms with Crippen molar-refractivity contribution >= 4 is 11.9 Å². The molecule has 0 bridgehead atoms. The van der Waals surface area contributed by atoms with Crippen molar-refractivity contribution in [2.75, 3.05) is 7.11 Å². The summed E-state index contributed by atoms with van der Waals surface area (Å²) in [4.78, 5) is 22.5. The lowest BCUT2D eigenvalue weighted by molar-refractivity contribution is -0.147. The highest BCUT2D eigenvalue weighted by atomic mass is 16.5. The van der Waals surface area contributed by atoms with Crippen molar-refractivity contribution in [1.29, 1.82) is 0 Å². The van der Waals surface area contributed by atoms with Crippen LogP contribution in [0.5, 0.6) is 0 Å². The number of methoxy groups -OCH3 is 1. The van der Waals surface area contributed by atoms with Crippen LogP contribution in [-0.4, -0.2) is 24.5 Å². The molecule has 0 atom stereocenters. The Morgan fingerprint density at radius 3 is 2.12 bits per heavy atom. The molecular formula is C13H23NO3. The van der Waals surface area contributed by atoms with Gasteiger partial charge in [-0.2, -0.15) is 0 Å². The molecule has 1 rings (SSSR count). The highest BCUT2D eigenvalue weighted by Gasteiger charge is 2.35. The highest BCUT2D eigenvalue weighted by molar-refractivity contribution is 5.74. The first-order valence-corrected chi connectivity index (χ1v) is 6.23. The van der Waals surface area contributed by atoms with Crippen LogP contribution < -0.4 is 5.32 Å². The highest BCUT2D eigenvalue weighted by Crippen LogP contribution is 2.35. The van der Waals surface area contributed by atoms with Crippen molar-refractivity contribution in [2.24, 2.45) is 11.8 Å². The van der Waals surface area contributed by atoms with E-state index < -0.39 is 0 Å². The Balaban J connectivity index is 2.51. The van der Waals surface area contributed by atoms with Gasteiger partial charge in [-0.15, -0.1) is 0 Å². The maximum atomic E-state index is 11.4. The number of amides is 1. The maximum absolute atomic E-state index is 11.4. The Labute approximate surface area is 103 Å². The number of ether oxygens (including phenoxy) is 1. The summed E-state index contributed by atoms with van der Waals surface area (Å²) in [6.07, 6.45) is 3.65. The van der Waals surface area contributed by atoms with Crippen LogP contribution in [0.15, 0.2) is 0 Å². The second-order valence-electron chi connectivity index (χ2n) is 5.47. The first-order chi connectivity index (χ1) is 7.86. The number of carbonyl (C=O) groups is 2. The average Bonchev–Trinajstić information content (AvgIpc) is 2.26. The van der Waals surface area contributed by atoms with Gasteiger partial charge in [0.15, 0.2) is 0 Å². The second-order valence-corrected chi connectivity index (χ2v) is 5.47. The molecule has 0 aromatic heterocycles. The summed E-state index contributed by atoms with van der Waals surface area (Å²) in [7, 11) is 1.44. The summed E-state index contributed by atoms with van der Waals surface area (Å²) in [6.45, 7) is 5.65. The molecule has 1 N–H and O–H groups in total. The predicted molar refractivity (Wildman–Crippen MR) is 65.4 cm³/mol. The lowest BCUT2D eigenvalue weighted by atomic mass is 9.73. The number of hydrogen-bond acceptors (Lipinski definition) is 3. The van der Waals surface area contributed by atoms with Crippen molar-refractivity contribution in [3.05, 3.63) is 0 Å². The van der Waals surface area contributed by atoms with Crippen molar-refractivity contribution in [3.63, 3.8) is 0 Å². The minimum Gasteiger partial charge on any atom is -0.469 e. The molecule has 17 heavy (non-hydrogen) atoms. The van der Waals surface area contributed by atoms with E-state index in [-0.39, 0.29) is 23.3 Å². The van der Waals surface area contributed by atoms with E-state index in [0.29, 0.717) is 5.92 Å². The zero-order valence-electron chi connectivity index (χ0n) is 11.2. The van der Waals surface area contributed by atoms with Gasteiger partial charge in [0.1, 0.15) is 0 Å². The van der Waals surface area contributed by atoms with Gasteiger partial charge in [0, 0.05) is 12.5 Å². The largest absolute Gasteiger partial charge is 0.469 e. The number of carbonyl (C=O) groups excluding carboxylic acids is 2. The fourth-order valence-corrected chi connectivity index (χ4v) is 2.77. The SMILES string of the molecule is COC(=O)C1CCC(C(C)(C)NC(C)=O)CC1. The van der Waals surface area contributed by atoms with Crippen LogP contribution in [-0.2, 0) is 14.3 Å². The normalized spacial score (nSPS) is 25.2. The minimum atomic E-state index is -0.188. The quantitative estimate of drug-likeness (QED) is 0.768. The molecule has 1 amide bonds. The fourth-order valence-electron chi connectivity index (χ4n) is 2.77. The molecular weight excluding hydrogens is 218 g/mol. The molecule has 0 saturated heterocycles. The number of rotatable bonds is 3. The molecule has 0 aromatic rings. The third-order valence-electron chi connectivity index (χ3n) is 3.78. The van der Waals surface area contributed by atoms with E-state index in [0.717, 1.165) is 25.7 Å². The topological polar surface area (TPSA) is 55.4 Å². The van der Waals surface area contributed by atoms with Crippen LogP contribution in [0.1, 0.15) is 46.5 Å². The molecule has 0 radical (unpaired) electrons. The van der Waals surface area contributed by atoms with Crippen LogP contribution in [0.4, 0.5) is 0 Å². The summed E-state index contributed by atoms with van der Waals surface area (Å²) in [5, 5.41) is 2.99. The van der Waals surface area contributed by atoms with Crippen molar-refractivity contribution < 1.29 is 14.3 Å². The van der Waals surface area contributed by atoms with Gasteiger partial charge in [0.05, 0.1) is 13.0 Å². The van der Waals surface area contributed by atoms with E-state index in [1.54, 1.807) is 6.92 Å². The van der Waals surface area contributed by atoms with Gasteiger partial charge in [0.2, 0.25) is 5.91 Å². The fraction of sp³-hybridized carbons (Fsp3) is 0.846. The van der Waals surface area contributed by atoms with Gasteiger partial charge in [-0.05, 0) is 45.4 Å². The standard InChI is InChI=1S/C13H23NO3/c1-9(15)14-13(2,3)11-7-5-10(6-8-11)12(16)17-4/h10-11H,5-8H2,1-4H3,(H,14,15). The maximum Gasteiger partial charge on any atom is 0.308 e. The van der Waals surface area contributed by atoms with Gasteiger partial charge >= 0.3 is 5.97 Å². The molecule has 1 aliphatic carbocycles. The monoisotopic (exact) mass is 241 g/mol. The average molecular weight is 241 g/mol. The zero-order chi connectivity index (χ0) is 13.1. The summed E-state index contributed by atoms with van der Waals surface area (Å²) in [5.41, 5.74) is -0.188. The number of hydrogen-bond donors (Lipinski definition) is 1. The molecule has 4 nitrogen and oxygen atoms in total. The summed E-state index contributed by atoms with van der Waals surface area (Å²) < 4.78 is 4.77. The van der Waals surface area contributed by atoms with Crippen LogP contribution in [0, 0.1) is 11.8 Å². The third kappa shape index (κ3) is 3.72. The van der Waals surface area contributed by atoms with Crippen LogP contribution >= 0.6 is 0 Å². The molecule has 0 heterocycles. The lowest BCUT2D eigenvalue weighted by Crippen LogP contribution is -2.49. The van der Waals surface area contributed by atoms with Gasteiger partial charge in [-0.25, -0.2) is 0 Å². The predicted octanol–water partition coefficient (Wildman–Crippen LogP) is 1.88. The van der Waals surface area contributed by atoms with Crippen molar-refractivity contribution in [1.82, 2.24) is 5.32 Å². The second kappa shape index (κ2) is 5.52. The van der Waals surface area contributed by atoms with E-state index in [1.807, 2.05) is 0 Å². The van der Waals surface area contributed by atoms with E-state index >= 15 is 0 Å². The molecule has 0 unspecified atom stereocenters. The summed E-state index contributed by atoms with van der Waals surface area (Å²) in [5.74, 6) is 0.391. The van der Waals surface area contributed by atoms with Gasteiger partial charge in [-0.3, -0.25) is 9.59 Å². The Kier molecular flexibility index (Phi) is 4.54. The van der Waals surface area contributed by atoms with Crippen molar-refractivity contribution in [2.45, 2.75) is 52.0 Å². The van der Waals surface area contributed by atoms with E-state index in [9.17, 15) is 9.59 Å². The van der Waals surface area contributed by atoms with Gasteiger partial charge in [0.25, 0.3) is 0 Å². The lowest BCUT2D eigenvalue weighted by Gasteiger charge is -2.39. The van der Waals surface area contributed by atoms with E-state index in [1.165, 1.54) is 7.11 Å². The summed E-state index contributed by atoms with van der Waals surface area (Å²) >= 11 is 0.